The fourth-order valence-electron chi connectivity index (χ4n) is 2.58. The van der Waals surface area contributed by atoms with Gasteiger partial charge in [-0.15, -0.1) is 0 Å². The van der Waals surface area contributed by atoms with E-state index in [-0.39, 0.29) is 12.4 Å². The van der Waals surface area contributed by atoms with Crippen molar-refractivity contribution in [2.75, 3.05) is 0 Å². The molecular formula is C16H15ClHfS. The molecule has 3 heteroatoms. The summed E-state index contributed by atoms with van der Waals surface area (Å²) >= 11 is 3.54. The Morgan fingerprint density at radius 1 is 0.789 bits per heavy atom. The molecule has 0 heterocycles. The quantitative estimate of drug-likeness (QED) is 0.462. The van der Waals surface area contributed by atoms with E-state index in [1.807, 2.05) is 0 Å². The van der Waals surface area contributed by atoms with Crippen LogP contribution in [-0.4, -0.2) is 4.86 Å². The second kappa shape index (κ2) is 6.92. The molecule has 0 bridgehead atoms. The summed E-state index contributed by atoms with van der Waals surface area (Å²) < 4.78 is 4.93. The maximum absolute atomic E-state index is 5.61. The molecule has 0 spiro atoms. The molecule has 3 aliphatic carbocycles. The summed E-state index contributed by atoms with van der Waals surface area (Å²) in [4.78, 5) is 1.19. The molecule has 0 aromatic rings. The Labute approximate surface area is 134 Å². The van der Waals surface area contributed by atoms with Crippen molar-refractivity contribution in [3.8, 4) is 0 Å². The van der Waals surface area contributed by atoms with E-state index in [1.54, 1.807) is 9.99 Å². The molecule has 0 aliphatic heterocycles. The molecule has 0 saturated heterocycles. The zero-order valence-electron chi connectivity index (χ0n) is 10.6. The van der Waals surface area contributed by atoms with E-state index >= 15 is 0 Å². The fraction of sp³-hybridized carbons (Fsp3) is 0.188. The van der Waals surface area contributed by atoms with Crippen molar-refractivity contribution in [2.45, 2.75) is 19.3 Å². The average Bonchev–Trinajstić information content (AvgIpc) is 3.05. The van der Waals surface area contributed by atoms with Gasteiger partial charge in [-0.3, -0.25) is 0 Å². The molecule has 0 saturated carbocycles. The first-order chi connectivity index (χ1) is 8.86. The van der Waals surface area contributed by atoms with Crippen molar-refractivity contribution in [3.05, 3.63) is 64.7 Å². The molecule has 0 aromatic carbocycles. The number of hydrogen-bond donors (Lipinski definition) is 0. The normalized spacial score (nSPS) is 20.0. The Balaban J connectivity index is 0.00000133. The van der Waals surface area contributed by atoms with Crippen LogP contribution < -0.4 is 12.4 Å². The number of rotatable bonds is 3. The van der Waals surface area contributed by atoms with Crippen molar-refractivity contribution in [1.29, 1.82) is 0 Å². The van der Waals surface area contributed by atoms with Crippen LogP contribution in [0.3, 0.4) is 0 Å². The Morgan fingerprint density at radius 2 is 1.32 bits per heavy atom. The molecule has 0 N–H and O–H groups in total. The maximum atomic E-state index is 5.61. The van der Waals surface area contributed by atoms with Gasteiger partial charge in [0, 0.05) is 0 Å². The van der Waals surface area contributed by atoms with Crippen LogP contribution in [0.15, 0.2) is 64.7 Å². The second-order valence-electron chi connectivity index (χ2n) is 4.66. The zero-order valence-corrected chi connectivity index (χ0v) is 15.8. The second-order valence-corrected chi connectivity index (χ2v) is 14.4. The standard InChI is InChI=1S/C6H5S.2C5H5.ClH.Hf/c7-6-4-2-1-3-5-6;2*1-2-4-5-3-1;;/h1-3H,4H2;2*1-3H,4H2;1H;/q;;;;+1/p-1. The minimum Gasteiger partial charge on any atom is -1.00 e. The number of thiocarbonyl (C=S) groups is 1. The number of halogens is 1. The van der Waals surface area contributed by atoms with Gasteiger partial charge in [0.05, 0.1) is 0 Å². The Bertz CT molecular complexity index is 531. The van der Waals surface area contributed by atoms with Crippen LogP contribution in [0.4, 0.5) is 0 Å². The van der Waals surface area contributed by atoms with Crippen LogP contribution in [0, 0.1) is 0 Å². The molecule has 0 aromatic heterocycles. The van der Waals surface area contributed by atoms with Crippen LogP contribution >= 0.6 is 12.2 Å². The Morgan fingerprint density at radius 3 is 1.79 bits per heavy atom. The summed E-state index contributed by atoms with van der Waals surface area (Å²) in [6.45, 7) is 0. The molecule has 3 aliphatic rings. The number of allylic oxidation sites excluding steroid dienone is 12. The van der Waals surface area contributed by atoms with E-state index in [0.29, 0.717) is 0 Å². The van der Waals surface area contributed by atoms with E-state index in [2.05, 4.69) is 54.7 Å². The minimum absolute atomic E-state index is 0. The Kier molecular flexibility index (Phi) is 5.49. The topological polar surface area (TPSA) is 0 Å². The van der Waals surface area contributed by atoms with Gasteiger partial charge in [-0.05, 0) is 0 Å². The molecule has 0 nitrogen and oxygen atoms in total. The first-order valence-electron chi connectivity index (χ1n) is 6.36. The summed E-state index contributed by atoms with van der Waals surface area (Å²) in [6, 6.07) is 0. The van der Waals surface area contributed by atoms with Gasteiger partial charge in [-0.1, -0.05) is 0 Å². The molecule has 96 valence electrons. The summed E-state index contributed by atoms with van der Waals surface area (Å²) in [7, 11) is 0. The van der Waals surface area contributed by atoms with E-state index < -0.39 is 21.4 Å². The zero-order chi connectivity index (χ0) is 12.4. The van der Waals surface area contributed by atoms with Gasteiger partial charge >= 0.3 is 122 Å². The van der Waals surface area contributed by atoms with Crippen molar-refractivity contribution < 1.29 is 33.8 Å². The van der Waals surface area contributed by atoms with Gasteiger partial charge in [0.1, 0.15) is 0 Å². The molecule has 0 unspecified atom stereocenters. The molecule has 19 heavy (non-hydrogen) atoms. The summed E-state index contributed by atoms with van der Waals surface area (Å²) in [5.41, 5.74) is 0. The Hall–Kier alpha value is -0.310. The van der Waals surface area contributed by atoms with E-state index in [0.717, 1.165) is 19.3 Å². The fourth-order valence-corrected chi connectivity index (χ4v) is 14.1. The van der Waals surface area contributed by atoms with Gasteiger partial charge in [-0.25, -0.2) is 0 Å². The minimum atomic E-state index is -2.07. The van der Waals surface area contributed by atoms with Gasteiger partial charge in [0.15, 0.2) is 0 Å². The van der Waals surface area contributed by atoms with Crippen LogP contribution in [0.1, 0.15) is 19.3 Å². The third-order valence-electron chi connectivity index (χ3n) is 3.46. The molecule has 0 radical (unpaired) electrons. The predicted molar refractivity (Wildman–Crippen MR) is 78.1 cm³/mol. The molecule has 0 amide bonds. The van der Waals surface area contributed by atoms with Crippen LogP contribution in [-0.2, 0) is 21.4 Å². The monoisotopic (exact) mass is 454 g/mol. The maximum Gasteiger partial charge on any atom is -1.00 e. The molecule has 0 atom stereocenters. The van der Waals surface area contributed by atoms with Crippen molar-refractivity contribution in [2.24, 2.45) is 0 Å². The van der Waals surface area contributed by atoms with Crippen LogP contribution in [0.25, 0.3) is 0 Å². The largest absolute Gasteiger partial charge is 1.00 e. The molecule has 0 fully saturated rings. The van der Waals surface area contributed by atoms with Crippen LogP contribution in [0.2, 0.25) is 0 Å². The SMILES string of the molecule is S=C1CC=CC=[C]1[Hf+]([C]1=CC=CC1)[C]1=CC=CC1.[Cl-]. The number of hydrogen-bond acceptors (Lipinski definition) is 1. The van der Waals surface area contributed by atoms with E-state index in [9.17, 15) is 0 Å². The van der Waals surface area contributed by atoms with Gasteiger partial charge < -0.3 is 12.4 Å². The smallest absolute Gasteiger partial charge is 1.00 e. The van der Waals surface area contributed by atoms with Gasteiger partial charge in [0.2, 0.25) is 0 Å². The van der Waals surface area contributed by atoms with E-state index in [1.165, 1.54) is 4.86 Å². The van der Waals surface area contributed by atoms with E-state index in [4.69, 9.17) is 12.2 Å². The predicted octanol–water partition coefficient (Wildman–Crippen LogP) is 1.51. The molecule has 3 rings (SSSR count). The summed E-state index contributed by atoms with van der Waals surface area (Å²) in [5, 5.41) is 0. The summed E-state index contributed by atoms with van der Waals surface area (Å²) in [5.74, 6) is 0. The van der Waals surface area contributed by atoms with Crippen molar-refractivity contribution >= 4 is 17.1 Å². The first-order valence-corrected chi connectivity index (χ1v) is 12.2. The van der Waals surface area contributed by atoms with Crippen molar-refractivity contribution in [1.82, 2.24) is 0 Å². The third-order valence-corrected chi connectivity index (χ3v) is 15.4. The van der Waals surface area contributed by atoms with Crippen LogP contribution in [0.5, 0.6) is 0 Å². The van der Waals surface area contributed by atoms with Gasteiger partial charge in [0.25, 0.3) is 0 Å². The third kappa shape index (κ3) is 3.24. The average molecular weight is 453 g/mol. The molecular weight excluding hydrogens is 438 g/mol. The van der Waals surface area contributed by atoms with Crippen molar-refractivity contribution in [3.63, 3.8) is 0 Å². The summed E-state index contributed by atoms with van der Waals surface area (Å²) in [6.07, 6.45) is 23.6. The van der Waals surface area contributed by atoms with Gasteiger partial charge in [-0.2, -0.15) is 0 Å². The first kappa shape index (κ1) is 15.1.